The maximum atomic E-state index is 5.50. The van der Waals surface area contributed by atoms with Crippen molar-refractivity contribution in [1.29, 1.82) is 0 Å². The van der Waals surface area contributed by atoms with Crippen molar-refractivity contribution in [2.75, 3.05) is 6.61 Å². The molecule has 0 atom stereocenters. The van der Waals surface area contributed by atoms with E-state index in [4.69, 9.17) is 9.78 Å². The monoisotopic (exact) mass is 226 g/mol. The van der Waals surface area contributed by atoms with Crippen molar-refractivity contribution in [3.8, 4) is 0 Å². The van der Waals surface area contributed by atoms with Crippen LogP contribution in [0.3, 0.4) is 0 Å². The van der Waals surface area contributed by atoms with Gasteiger partial charge >= 0.3 is 0 Å². The van der Waals surface area contributed by atoms with Gasteiger partial charge in [0, 0.05) is 59.1 Å². The molecule has 0 unspecified atom stereocenters. The van der Waals surface area contributed by atoms with Crippen LogP contribution in [0.4, 0.5) is 0 Å². The SMILES string of the molecule is C1C2CC3CC1CC(C2)C31COO1.[Na].[Na]. The summed E-state index contributed by atoms with van der Waals surface area (Å²) in [5.74, 6) is 3.77. The number of rotatable bonds is 0. The summed E-state index contributed by atoms with van der Waals surface area (Å²) >= 11 is 0. The molecule has 1 spiro atoms. The molecular formula is C11H16Na2O2. The van der Waals surface area contributed by atoms with E-state index < -0.39 is 0 Å². The minimum Gasteiger partial charge on any atom is -0.233 e. The Hall–Kier alpha value is 1.92. The summed E-state index contributed by atoms with van der Waals surface area (Å²) in [5.41, 5.74) is 0.202. The van der Waals surface area contributed by atoms with Gasteiger partial charge < -0.3 is 0 Å². The predicted octanol–water partition coefficient (Wildman–Crippen LogP) is 1.38. The molecule has 4 saturated carbocycles. The molecule has 15 heavy (non-hydrogen) atoms. The van der Waals surface area contributed by atoms with Gasteiger partial charge in [-0.05, 0) is 55.8 Å². The molecule has 0 amide bonds. The molecular weight excluding hydrogens is 210 g/mol. The van der Waals surface area contributed by atoms with E-state index in [0.717, 1.165) is 30.3 Å². The Balaban J connectivity index is 0.000000427. The maximum Gasteiger partial charge on any atom is 0.135 e. The Kier molecular flexibility index (Phi) is 4.05. The quantitative estimate of drug-likeness (QED) is 0.459. The molecule has 0 N–H and O–H groups in total. The molecule has 2 nitrogen and oxygen atoms in total. The van der Waals surface area contributed by atoms with Gasteiger partial charge in [0.05, 0.1) is 0 Å². The molecule has 0 aromatic heterocycles. The third kappa shape index (κ3) is 1.76. The summed E-state index contributed by atoms with van der Waals surface area (Å²) in [6.45, 7) is 0.891. The van der Waals surface area contributed by atoms with Crippen LogP contribution in [0.25, 0.3) is 0 Å². The predicted molar refractivity (Wildman–Crippen MR) is 58.3 cm³/mol. The fraction of sp³-hybridized carbons (Fsp3) is 1.00. The van der Waals surface area contributed by atoms with Crippen molar-refractivity contribution in [2.24, 2.45) is 23.7 Å². The molecule has 1 aliphatic heterocycles. The topological polar surface area (TPSA) is 18.5 Å². The van der Waals surface area contributed by atoms with Crippen molar-refractivity contribution in [2.45, 2.75) is 37.7 Å². The summed E-state index contributed by atoms with van der Waals surface area (Å²) < 4.78 is 0. The van der Waals surface area contributed by atoms with Crippen LogP contribution < -0.4 is 0 Å². The minimum absolute atomic E-state index is 0. The smallest absolute Gasteiger partial charge is 0.135 e. The zero-order valence-electron chi connectivity index (χ0n) is 9.87. The molecule has 2 radical (unpaired) electrons. The van der Waals surface area contributed by atoms with Crippen LogP contribution in [0.2, 0.25) is 0 Å². The first-order chi connectivity index (χ1) is 6.37. The second-order valence-electron chi connectivity index (χ2n) is 5.60. The van der Waals surface area contributed by atoms with Crippen LogP contribution in [0.5, 0.6) is 0 Å². The Morgan fingerprint density at radius 3 is 1.60 bits per heavy atom. The molecule has 5 aliphatic rings. The van der Waals surface area contributed by atoms with Crippen molar-refractivity contribution in [3.63, 3.8) is 0 Å². The zero-order valence-corrected chi connectivity index (χ0v) is 13.9. The fourth-order valence-electron chi connectivity index (χ4n) is 4.55. The first kappa shape index (κ1) is 13.4. The summed E-state index contributed by atoms with van der Waals surface area (Å²) in [5, 5.41) is 0. The van der Waals surface area contributed by atoms with E-state index in [1.165, 1.54) is 32.1 Å². The standard InChI is InChI=1S/C11H16O2.2Na/c1-7-2-9-4-8(1)5-10(3-7)11(9)6-12-13-11;;/h7-10H,1-6H2;;. The molecule has 1 heterocycles. The minimum atomic E-state index is 0. The zero-order chi connectivity index (χ0) is 8.47. The average Bonchev–Trinajstić information content (AvgIpc) is 1.98. The van der Waals surface area contributed by atoms with Crippen LogP contribution >= 0.6 is 0 Å². The van der Waals surface area contributed by atoms with E-state index in [1.807, 2.05) is 0 Å². The van der Waals surface area contributed by atoms with Gasteiger partial charge in [0.1, 0.15) is 12.2 Å². The second-order valence-corrected chi connectivity index (χ2v) is 5.60. The first-order valence-corrected chi connectivity index (χ1v) is 5.67. The molecule has 4 aliphatic carbocycles. The molecule has 5 rings (SSSR count). The van der Waals surface area contributed by atoms with Crippen molar-refractivity contribution in [3.05, 3.63) is 0 Å². The van der Waals surface area contributed by atoms with E-state index in [2.05, 4.69) is 0 Å². The Morgan fingerprint density at radius 1 is 0.800 bits per heavy atom. The molecule has 74 valence electrons. The summed E-state index contributed by atoms with van der Waals surface area (Å²) in [4.78, 5) is 10.5. The van der Waals surface area contributed by atoms with E-state index >= 15 is 0 Å². The Bertz CT molecular complexity index is 223. The molecule has 1 saturated heterocycles. The van der Waals surface area contributed by atoms with Gasteiger partial charge in [0.25, 0.3) is 0 Å². The molecule has 0 aromatic rings. The summed E-state index contributed by atoms with van der Waals surface area (Å²) in [6, 6.07) is 0. The maximum absolute atomic E-state index is 5.50. The van der Waals surface area contributed by atoms with Crippen LogP contribution in [0, 0.1) is 23.7 Å². The van der Waals surface area contributed by atoms with Crippen molar-refractivity contribution in [1.82, 2.24) is 0 Å². The molecule has 5 fully saturated rings. The number of hydrogen-bond acceptors (Lipinski definition) is 2. The Morgan fingerprint density at radius 2 is 1.27 bits per heavy atom. The van der Waals surface area contributed by atoms with E-state index in [1.54, 1.807) is 0 Å². The first-order valence-electron chi connectivity index (χ1n) is 5.67. The molecule has 4 heteroatoms. The van der Waals surface area contributed by atoms with Gasteiger partial charge in [-0.3, -0.25) is 0 Å². The van der Waals surface area contributed by atoms with Gasteiger partial charge in [-0.1, -0.05) is 0 Å². The van der Waals surface area contributed by atoms with Gasteiger partial charge in [-0.25, -0.2) is 9.78 Å². The van der Waals surface area contributed by atoms with E-state index in [0.29, 0.717) is 0 Å². The van der Waals surface area contributed by atoms with Crippen LogP contribution in [0.1, 0.15) is 32.1 Å². The number of hydrogen-bond donors (Lipinski definition) is 0. The Labute approximate surface area is 135 Å². The van der Waals surface area contributed by atoms with Crippen LogP contribution in [-0.4, -0.2) is 71.3 Å². The largest absolute Gasteiger partial charge is 0.233 e. The van der Waals surface area contributed by atoms with E-state index in [-0.39, 0.29) is 64.7 Å². The summed E-state index contributed by atoms with van der Waals surface area (Å²) in [6.07, 6.45) is 7.23. The third-order valence-corrected chi connectivity index (χ3v) is 5.02. The second kappa shape index (κ2) is 4.55. The van der Waals surface area contributed by atoms with Crippen molar-refractivity contribution < 1.29 is 9.78 Å². The fourth-order valence-corrected chi connectivity index (χ4v) is 4.55. The van der Waals surface area contributed by atoms with Gasteiger partial charge in [-0.2, -0.15) is 0 Å². The average molecular weight is 226 g/mol. The summed E-state index contributed by atoms with van der Waals surface area (Å²) in [7, 11) is 0. The van der Waals surface area contributed by atoms with Gasteiger partial charge in [0.15, 0.2) is 0 Å². The van der Waals surface area contributed by atoms with Gasteiger partial charge in [0.2, 0.25) is 0 Å². The normalized spacial score (nSPS) is 54.4. The van der Waals surface area contributed by atoms with Gasteiger partial charge in [-0.15, -0.1) is 0 Å². The van der Waals surface area contributed by atoms with Crippen LogP contribution in [0.15, 0.2) is 0 Å². The van der Waals surface area contributed by atoms with Crippen molar-refractivity contribution >= 4 is 59.1 Å². The van der Waals surface area contributed by atoms with Crippen LogP contribution in [-0.2, 0) is 9.78 Å². The third-order valence-electron chi connectivity index (χ3n) is 5.02. The molecule has 4 bridgehead atoms. The molecule has 0 aromatic carbocycles. The van der Waals surface area contributed by atoms with E-state index in [9.17, 15) is 0 Å².